The third-order valence-electron chi connectivity index (χ3n) is 2.56. The van der Waals surface area contributed by atoms with Crippen LogP contribution < -0.4 is 4.72 Å². The van der Waals surface area contributed by atoms with Gasteiger partial charge in [-0.25, -0.2) is 22.3 Å². The highest BCUT2D eigenvalue weighted by Crippen LogP contribution is 2.16. The second-order valence-electron chi connectivity index (χ2n) is 4.26. The van der Waals surface area contributed by atoms with E-state index in [1.807, 2.05) is 6.92 Å². The van der Waals surface area contributed by atoms with Gasteiger partial charge < -0.3 is 5.11 Å². The van der Waals surface area contributed by atoms with Gasteiger partial charge in [-0.1, -0.05) is 13.3 Å². The van der Waals surface area contributed by atoms with Gasteiger partial charge in [0.25, 0.3) is 0 Å². The number of carbonyl (C=O) groups is 1. The average molecular weight is 289 g/mol. The number of halogens is 1. The van der Waals surface area contributed by atoms with E-state index in [0.717, 1.165) is 24.6 Å². The smallest absolute Gasteiger partial charge is 0.338 e. The van der Waals surface area contributed by atoms with Crippen molar-refractivity contribution < 1.29 is 22.7 Å². The van der Waals surface area contributed by atoms with E-state index in [1.165, 1.54) is 0 Å². The van der Waals surface area contributed by atoms with Crippen molar-refractivity contribution in [1.29, 1.82) is 0 Å². The Morgan fingerprint density at radius 2 is 2.11 bits per heavy atom. The lowest BCUT2D eigenvalue weighted by molar-refractivity contribution is 0.0691. The van der Waals surface area contributed by atoms with E-state index in [4.69, 9.17) is 5.11 Å². The van der Waals surface area contributed by atoms with E-state index >= 15 is 0 Å². The molecule has 2 N–H and O–H groups in total. The fourth-order valence-corrected chi connectivity index (χ4v) is 2.96. The molecule has 106 valence electrons. The van der Waals surface area contributed by atoms with E-state index in [-0.39, 0.29) is 10.9 Å². The van der Waals surface area contributed by atoms with E-state index in [0.29, 0.717) is 6.42 Å². The minimum absolute atomic E-state index is 0.255. The maximum absolute atomic E-state index is 13.2. The zero-order valence-electron chi connectivity index (χ0n) is 10.7. The van der Waals surface area contributed by atoms with Gasteiger partial charge in [0.1, 0.15) is 5.82 Å². The number of aromatic carboxylic acids is 1. The first-order valence-corrected chi connectivity index (χ1v) is 7.31. The van der Waals surface area contributed by atoms with Crippen molar-refractivity contribution in [2.75, 3.05) is 0 Å². The van der Waals surface area contributed by atoms with Crippen LogP contribution in [-0.4, -0.2) is 25.5 Å². The van der Waals surface area contributed by atoms with Crippen molar-refractivity contribution in [2.45, 2.75) is 37.6 Å². The molecule has 0 heterocycles. The van der Waals surface area contributed by atoms with Gasteiger partial charge in [0.05, 0.1) is 10.5 Å². The van der Waals surface area contributed by atoms with Crippen LogP contribution in [0.4, 0.5) is 4.39 Å². The van der Waals surface area contributed by atoms with Crippen molar-refractivity contribution in [1.82, 2.24) is 4.72 Å². The standard InChI is InChI=1S/C12H16FNO4S/c1-3-4-8(2)14-19(17,18)9-5-6-11(13)10(7-9)12(15)16/h5-8,14H,3-4H2,1-2H3,(H,15,16). The fourth-order valence-electron chi connectivity index (χ4n) is 1.66. The summed E-state index contributed by atoms with van der Waals surface area (Å²) >= 11 is 0. The van der Waals surface area contributed by atoms with E-state index in [9.17, 15) is 17.6 Å². The summed E-state index contributed by atoms with van der Waals surface area (Å²) in [4.78, 5) is 10.5. The van der Waals surface area contributed by atoms with Gasteiger partial charge >= 0.3 is 5.97 Å². The molecule has 0 aliphatic heterocycles. The predicted octanol–water partition coefficient (Wildman–Crippen LogP) is 1.99. The summed E-state index contributed by atoms with van der Waals surface area (Å²) in [5.74, 6) is -2.47. The lowest BCUT2D eigenvalue weighted by Crippen LogP contribution is -2.32. The predicted molar refractivity (Wildman–Crippen MR) is 68.1 cm³/mol. The highest BCUT2D eigenvalue weighted by Gasteiger charge is 2.20. The normalized spacial score (nSPS) is 13.2. The molecule has 1 aromatic carbocycles. The summed E-state index contributed by atoms with van der Waals surface area (Å²) < 4.78 is 39.6. The van der Waals surface area contributed by atoms with Crippen LogP contribution in [0.3, 0.4) is 0 Å². The monoisotopic (exact) mass is 289 g/mol. The Morgan fingerprint density at radius 3 is 2.63 bits per heavy atom. The van der Waals surface area contributed by atoms with Gasteiger partial charge in [-0.05, 0) is 31.5 Å². The number of rotatable bonds is 6. The molecule has 1 aromatic rings. The van der Waals surface area contributed by atoms with Crippen LogP contribution in [0.2, 0.25) is 0 Å². The van der Waals surface area contributed by atoms with Gasteiger partial charge in [0, 0.05) is 6.04 Å². The first kappa shape index (κ1) is 15.6. The van der Waals surface area contributed by atoms with E-state index < -0.39 is 27.4 Å². The largest absolute Gasteiger partial charge is 0.478 e. The summed E-state index contributed by atoms with van der Waals surface area (Å²) in [5.41, 5.74) is -0.661. The minimum atomic E-state index is -3.83. The molecule has 0 saturated heterocycles. The SMILES string of the molecule is CCCC(C)NS(=O)(=O)c1ccc(F)c(C(=O)O)c1. The summed E-state index contributed by atoms with van der Waals surface area (Å²) in [5, 5.41) is 8.77. The highest BCUT2D eigenvalue weighted by molar-refractivity contribution is 7.89. The van der Waals surface area contributed by atoms with Crippen LogP contribution in [0.25, 0.3) is 0 Å². The molecule has 0 aliphatic carbocycles. The topological polar surface area (TPSA) is 83.5 Å². The Hall–Kier alpha value is -1.47. The van der Waals surface area contributed by atoms with Gasteiger partial charge in [-0.15, -0.1) is 0 Å². The average Bonchev–Trinajstić information content (AvgIpc) is 2.28. The molecule has 0 aliphatic rings. The second-order valence-corrected chi connectivity index (χ2v) is 5.97. The zero-order valence-corrected chi connectivity index (χ0v) is 11.5. The molecule has 0 fully saturated rings. The Morgan fingerprint density at radius 1 is 1.47 bits per heavy atom. The maximum Gasteiger partial charge on any atom is 0.338 e. The van der Waals surface area contributed by atoms with Crippen molar-refractivity contribution >= 4 is 16.0 Å². The lowest BCUT2D eigenvalue weighted by Gasteiger charge is -2.13. The van der Waals surface area contributed by atoms with Crippen LogP contribution in [-0.2, 0) is 10.0 Å². The number of nitrogens with one attached hydrogen (secondary N) is 1. The minimum Gasteiger partial charge on any atom is -0.478 e. The van der Waals surface area contributed by atoms with Crippen molar-refractivity contribution in [2.24, 2.45) is 0 Å². The quantitative estimate of drug-likeness (QED) is 0.839. The Balaban J connectivity index is 3.08. The lowest BCUT2D eigenvalue weighted by atomic mass is 10.2. The molecule has 1 atom stereocenters. The van der Waals surface area contributed by atoms with E-state index in [1.54, 1.807) is 6.92 Å². The molecule has 0 bridgehead atoms. The molecule has 7 heteroatoms. The number of benzene rings is 1. The van der Waals surface area contributed by atoms with Crippen LogP contribution in [0.1, 0.15) is 37.0 Å². The summed E-state index contributed by atoms with van der Waals surface area (Å²) in [6.45, 7) is 3.63. The van der Waals surface area contributed by atoms with Crippen LogP contribution in [0, 0.1) is 5.82 Å². The van der Waals surface area contributed by atoms with Crippen molar-refractivity contribution in [3.63, 3.8) is 0 Å². The molecule has 0 saturated carbocycles. The number of hydrogen-bond donors (Lipinski definition) is 2. The van der Waals surface area contributed by atoms with E-state index in [2.05, 4.69) is 4.72 Å². The molecular weight excluding hydrogens is 273 g/mol. The fraction of sp³-hybridized carbons (Fsp3) is 0.417. The number of hydrogen-bond acceptors (Lipinski definition) is 3. The number of carboxylic acid groups (broad SMARTS) is 1. The summed E-state index contributed by atoms with van der Waals surface area (Å²) in [7, 11) is -3.83. The Kier molecular flexibility index (Phi) is 5.02. The molecule has 1 unspecified atom stereocenters. The highest BCUT2D eigenvalue weighted by atomic mass is 32.2. The summed E-state index contributed by atoms with van der Waals surface area (Å²) in [6, 6.07) is 2.43. The first-order valence-electron chi connectivity index (χ1n) is 5.83. The third kappa shape index (κ3) is 4.00. The molecule has 1 rings (SSSR count). The molecular formula is C12H16FNO4S. The van der Waals surface area contributed by atoms with Crippen LogP contribution in [0.5, 0.6) is 0 Å². The molecule has 0 radical (unpaired) electrons. The van der Waals surface area contributed by atoms with Gasteiger partial charge in [-0.2, -0.15) is 0 Å². The molecule has 0 spiro atoms. The molecule has 0 aromatic heterocycles. The molecule has 19 heavy (non-hydrogen) atoms. The van der Waals surface area contributed by atoms with Crippen molar-refractivity contribution in [3.8, 4) is 0 Å². The zero-order chi connectivity index (χ0) is 14.6. The first-order chi connectivity index (χ1) is 8.77. The second kappa shape index (κ2) is 6.12. The molecule has 0 amide bonds. The van der Waals surface area contributed by atoms with Gasteiger partial charge in [0.15, 0.2) is 0 Å². The number of carboxylic acids is 1. The maximum atomic E-state index is 13.2. The number of sulfonamides is 1. The Bertz CT molecular complexity index is 571. The summed E-state index contributed by atoms with van der Waals surface area (Å²) in [6.07, 6.45) is 1.47. The van der Waals surface area contributed by atoms with Crippen molar-refractivity contribution in [3.05, 3.63) is 29.6 Å². The van der Waals surface area contributed by atoms with Gasteiger partial charge in [-0.3, -0.25) is 0 Å². The van der Waals surface area contributed by atoms with Crippen LogP contribution in [0.15, 0.2) is 23.1 Å². The molecule has 5 nitrogen and oxygen atoms in total. The third-order valence-corrected chi connectivity index (χ3v) is 4.14. The van der Waals surface area contributed by atoms with Crippen LogP contribution >= 0.6 is 0 Å². The van der Waals surface area contributed by atoms with Gasteiger partial charge in [0.2, 0.25) is 10.0 Å². The Labute approximate surface area is 111 Å².